The van der Waals surface area contributed by atoms with E-state index >= 15 is 0 Å². The lowest BCUT2D eigenvalue weighted by Crippen LogP contribution is -2.52. The maximum atomic E-state index is 12.7. The van der Waals surface area contributed by atoms with E-state index in [4.69, 9.17) is 5.73 Å². The molecule has 106 valence electrons. The smallest absolute Gasteiger partial charge is 0.240 e. The zero-order valence-corrected chi connectivity index (χ0v) is 12.8. The molecule has 1 aliphatic heterocycles. The van der Waals surface area contributed by atoms with Crippen LogP contribution in [0.4, 0.5) is 0 Å². The summed E-state index contributed by atoms with van der Waals surface area (Å²) in [6, 6.07) is -0.0731. The van der Waals surface area contributed by atoms with Crippen molar-refractivity contribution in [2.45, 2.75) is 52.6 Å². The number of rotatable bonds is 2. The Morgan fingerprint density at radius 3 is 2.33 bits per heavy atom. The van der Waals surface area contributed by atoms with Gasteiger partial charge in [0.05, 0.1) is 6.04 Å². The normalized spacial score (nSPS) is 26.3. The molecule has 1 rings (SSSR count). The van der Waals surface area contributed by atoms with Crippen LogP contribution >= 0.6 is 0 Å². The molecule has 0 spiro atoms. The number of hydrogen-bond donors (Lipinski definition) is 1. The van der Waals surface area contributed by atoms with Crippen molar-refractivity contribution in [2.24, 2.45) is 11.1 Å². The Kier molecular flexibility index (Phi) is 4.44. The van der Waals surface area contributed by atoms with Gasteiger partial charge in [-0.2, -0.15) is 0 Å². The number of nitrogens with two attached hydrogens (primary N) is 1. The lowest BCUT2D eigenvalue weighted by molar-refractivity contribution is -0.140. The van der Waals surface area contributed by atoms with E-state index < -0.39 is 0 Å². The van der Waals surface area contributed by atoms with Gasteiger partial charge in [0.15, 0.2) is 0 Å². The van der Waals surface area contributed by atoms with Gasteiger partial charge >= 0.3 is 0 Å². The third-order valence-corrected chi connectivity index (χ3v) is 3.60. The zero-order chi connectivity index (χ0) is 14.1. The summed E-state index contributed by atoms with van der Waals surface area (Å²) in [5.74, 6) is 0.223. The fraction of sp³-hybridized carbons (Fsp3) is 0.929. The number of amides is 1. The van der Waals surface area contributed by atoms with E-state index in [1.807, 2.05) is 11.9 Å². The molecule has 1 unspecified atom stereocenters. The van der Waals surface area contributed by atoms with Gasteiger partial charge < -0.3 is 10.6 Å². The number of carbonyl (C=O) groups is 1. The average Bonchev–Trinajstić information content (AvgIpc) is 2.26. The minimum absolute atomic E-state index is 0.0731. The SMILES string of the molecule is CN1CC(C)(C)CN(C(C)(C)C)C(=O)C1CCN. The first-order valence-electron chi connectivity index (χ1n) is 6.80. The molecule has 0 radical (unpaired) electrons. The Morgan fingerprint density at radius 2 is 1.89 bits per heavy atom. The molecule has 0 bridgehead atoms. The molecule has 1 atom stereocenters. The topological polar surface area (TPSA) is 49.6 Å². The molecule has 1 amide bonds. The summed E-state index contributed by atoms with van der Waals surface area (Å²) in [7, 11) is 2.03. The van der Waals surface area contributed by atoms with Gasteiger partial charge in [0.1, 0.15) is 0 Å². The van der Waals surface area contributed by atoms with Crippen molar-refractivity contribution in [1.29, 1.82) is 0 Å². The second-order valence-electron chi connectivity index (χ2n) is 7.27. The van der Waals surface area contributed by atoms with Crippen LogP contribution in [-0.2, 0) is 4.79 Å². The third kappa shape index (κ3) is 3.45. The van der Waals surface area contributed by atoms with Crippen molar-refractivity contribution in [2.75, 3.05) is 26.7 Å². The summed E-state index contributed by atoms with van der Waals surface area (Å²) in [5.41, 5.74) is 5.64. The highest BCUT2D eigenvalue weighted by Gasteiger charge is 2.41. The van der Waals surface area contributed by atoms with Crippen molar-refractivity contribution < 1.29 is 4.79 Å². The molecule has 1 heterocycles. The maximum absolute atomic E-state index is 12.7. The quantitative estimate of drug-likeness (QED) is 0.809. The van der Waals surface area contributed by atoms with E-state index in [1.54, 1.807) is 0 Å². The highest BCUT2D eigenvalue weighted by molar-refractivity contribution is 5.83. The van der Waals surface area contributed by atoms with Crippen LogP contribution in [0.5, 0.6) is 0 Å². The molecular formula is C14H29N3O. The third-order valence-electron chi connectivity index (χ3n) is 3.60. The molecule has 1 fully saturated rings. The van der Waals surface area contributed by atoms with E-state index in [2.05, 4.69) is 39.5 Å². The van der Waals surface area contributed by atoms with Crippen LogP contribution in [0.15, 0.2) is 0 Å². The van der Waals surface area contributed by atoms with Crippen molar-refractivity contribution in [3.05, 3.63) is 0 Å². The Labute approximate surface area is 111 Å². The molecule has 1 saturated heterocycles. The Hall–Kier alpha value is -0.610. The van der Waals surface area contributed by atoms with E-state index in [0.717, 1.165) is 19.5 Å². The molecule has 2 N–H and O–H groups in total. The van der Waals surface area contributed by atoms with Gasteiger partial charge in [-0.25, -0.2) is 0 Å². The number of likely N-dealkylation sites (N-methyl/N-ethyl adjacent to an activating group) is 1. The van der Waals surface area contributed by atoms with Crippen LogP contribution in [0.2, 0.25) is 0 Å². The standard InChI is InChI=1S/C14H29N3O/c1-13(2,3)17-10-14(4,5)9-16(6)11(7-8-15)12(17)18/h11H,7-10,15H2,1-6H3. The predicted octanol–water partition coefficient (Wildman–Crippen LogP) is 1.30. The predicted molar refractivity (Wildman–Crippen MR) is 75.3 cm³/mol. The van der Waals surface area contributed by atoms with E-state index in [1.165, 1.54) is 0 Å². The van der Waals surface area contributed by atoms with Crippen LogP contribution in [0.1, 0.15) is 41.0 Å². The average molecular weight is 255 g/mol. The lowest BCUT2D eigenvalue weighted by atomic mass is 9.91. The molecule has 0 aromatic rings. The minimum Gasteiger partial charge on any atom is -0.336 e. The molecule has 0 aromatic heterocycles. The number of hydrogen-bond acceptors (Lipinski definition) is 3. The van der Waals surface area contributed by atoms with Gasteiger partial charge in [-0.1, -0.05) is 13.8 Å². The van der Waals surface area contributed by atoms with Crippen LogP contribution < -0.4 is 5.73 Å². The molecular weight excluding hydrogens is 226 g/mol. The first-order valence-corrected chi connectivity index (χ1v) is 6.80. The molecule has 0 saturated carbocycles. The summed E-state index contributed by atoms with van der Waals surface area (Å²) in [5, 5.41) is 0. The summed E-state index contributed by atoms with van der Waals surface area (Å²) in [4.78, 5) is 16.9. The fourth-order valence-electron chi connectivity index (χ4n) is 2.78. The van der Waals surface area contributed by atoms with Crippen molar-refractivity contribution in [1.82, 2.24) is 9.80 Å². The molecule has 4 heteroatoms. The second-order valence-corrected chi connectivity index (χ2v) is 7.27. The minimum atomic E-state index is -0.133. The first kappa shape index (κ1) is 15.4. The summed E-state index contributed by atoms with van der Waals surface area (Å²) >= 11 is 0. The van der Waals surface area contributed by atoms with E-state index in [-0.39, 0.29) is 22.9 Å². The summed E-state index contributed by atoms with van der Waals surface area (Å²) in [6.07, 6.45) is 0.734. The van der Waals surface area contributed by atoms with E-state index in [0.29, 0.717) is 6.54 Å². The lowest BCUT2D eigenvalue weighted by Gasteiger charge is -2.39. The van der Waals surface area contributed by atoms with Gasteiger partial charge in [-0.3, -0.25) is 9.69 Å². The maximum Gasteiger partial charge on any atom is 0.240 e. The fourth-order valence-corrected chi connectivity index (χ4v) is 2.78. The van der Waals surface area contributed by atoms with Crippen LogP contribution in [0, 0.1) is 5.41 Å². The van der Waals surface area contributed by atoms with Gasteiger partial charge in [-0.15, -0.1) is 0 Å². The molecule has 0 aromatic carbocycles. The largest absolute Gasteiger partial charge is 0.336 e. The Morgan fingerprint density at radius 1 is 1.33 bits per heavy atom. The number of carbonyl (C=O) groups excluding carboxylic acids is 1. The van der Waals surface area contributed by atoms with E-state index in [9.17, 15) is 4.79 Å². The molecule has 4 nitrogen and oxygen atoms in total. The second kappa shape index (κ2) is 5.17. The van der Waals surface area contributed by atoms with Crippen LogP contribution in [0.25, 0.3) is 0 Å². The monoisotopic (exact) mass is 255 g/mol. The highest BCUT2D eigenvalue weighted by atomic mass is 16.2. The summed E-state index contributed by atoms with van der Waals surface area (Å²) in [6.45, 7) is 13.0. The highest BCUT2D eigenvalue weighted by Crippen LogP contribution is 2.29. The Balaban J connectivity index is 3.07. The molecule has 18 heavy (non-hydrogen) atoms. The van der Waals surface area contributed by atoms with Crippen LogP contribution in [0.3, 0.4) is 0 Å². The molecule has 0 aliphatic carbocycles. The molecule has 1 aliphatic rings. The number of nitrogens with zero attached hydrogens (tertiary/aromatic N) is 2. The van der Waals surface area contributed by atoms with Crippen molar-refractivity contribution >= 4 is 5.91 Å². The van der Waals surface area contributed by atoms with Crippen molar-refractivity contribution in [3.8, 4) is 0 Å². The zero-order valence-electron chi connectivity index (χ0n) is 12.8. The van der Waals surface area contributed by atoms with Gasteiger partial charge in [0.25, 0.3) is 0 Å². The van der Waals surface area contributed by atoms with Gasteiger partial charge in [0.2, 0.25) is 5.91 Å². The first-order chi connectivity index (χ1) is 8.08. The van der Waals surface area contributed by atoms with Crippen LogP contribution in [-0.4, -0.2) is 54.0 Å². The van der Waals surface area contributed by atoms with Crippen molar-refractivity contribution in [3.63, 3.8) is 0 Å². The van der Waals surface area contributed by atoms with Gasteiger partial charge in [0, 0.05) is 18.6 Å². The Bertz CT molecular complexity index is 307. The summed E-state index contributed by atoms with van der Waals surface area (Å²) < 4.78 is 0. The van der Waals surface area contributed by atoms with Gasteiger partial charge in [-0.05, 0) is 46.2 Å².